The van der Waals surface area contributed by atoms with Crippen LogP contribution in [0.5, 0.6) is 0 Å². The fourth-order valence-corrected chi connectivity index (χ4v) is 3.08. The number of halogens is 1. The van der Waals surface area contributed by atoms with Crippen molar-refractivity contribution in [2.75, 3.05) is 17.5 Å². The van der Waals surface area contributed by atoms with Crippen molar-refractivity contribution in [3.05, 3.63) is 35.9 Å². The van der Waals surface area contributed by atoms with Gasteiger partial charge in [-0.1, -0.05) is 52.9 Å². The molecule has 1 aliphatic heterocycles. The van der Waals surface area contributed by atoms with E-state index in [1.54, 1.807) is 0 Å². The molecular weight excluding hydrogens is 321 g/mol. The fraction of sp³-hybridized carbons (Fsp3) is 0.600. The average molecular weight is 343 g/mol. The second-order valence-electron chi connectivity index (χ2n) is 5.04. The average Bonchev–Trinajstić information content (AvgIpc) is 2.39. The molecule has 0 spiro atoms. The van der Waals surface area contributed by atoms with Crippen molar-refractivity contribution in [2.45, 2.75) is 32.2 Å². The van der Waals surface area contributed by atoms with E-state index < -0.39 is 0 Å². The highest BCUT2D eigenvalue weighted by Crippen LogP contribution is 2.23. The molecule has 1 aliphatic rings. The molecule has 0 saturated carbocycles. The van der Waals surface area contributed by atoms with Gasteiger partial charge in [0.15, 0.2) is 0 Å². The van der Waals surface area contributed by atoms with E-state index in [1.807, 2.05) is 0 Å². The quantitative estimate of drug-likeness (QED) is 0.574. The van der Waals surface area contributed by atoms with Crippen LogP contribution in [-0.2, 0) is 6.54 Å². The molecule has 2 heteroatoms. The van der Waals surface area contributed by atoms with E-state index in [0.29, 0.717) is 0 Å². The van der Waals surface area contributed by atoms with Crippen LogP contribution in [0.25, 0.3) is 0 Å². The molecule has 17 heavy (non-hydrogen) atoms. The van der Waals surface area contributed by atoms with E-state index in [9.17, 15) is 0 Å². The number of nitrogens with zero attached hydrogens (tertiary/aromatic N) is 1. The summed E-state index contributed by atoms with van der Waals surface area (Å²) in [6.07, 6.45) is 5.67. The zero-order valence-electron chi connectivity index (χ0n) is 10.4. The zero-order valence-corrected chi connectivity index (χ0v) is 12.6. The zero-order chi connectivity index (χ0) is 11.9. The second kappa shape index (κ2) is 7.37. The van der Waals surface area contributed by atoms with Gasteiger partial charge in [-0.25, -0.2) is 0 Å². The number of alkyl halides is 1. The smallest absolute Gasteiger partial charge is 0.0233 e. The molecule has 0 amide bonds. The maximum absolute atomic E-state index is 2.61. The van der Waals surface area contributed by atoms with Gasteiger partial charge in [0.25, 0.3) is 0 Å². The van der Waals surface area contributed by atoms with Gasteiger partial charge in [-0.15, -0.1) is 0 Å². The Kier molecular flexibility index (Phi) is 5.78. The number of piperidine rings is 1. The predicted octanol–water partition coefficient (Wildman–Crippen LogP) is 4.11. The van der Waals surface area contributed by atoms with Gasteiger partial charge in [-0.3, -0.25) is 4.90 Å². The minimum Gasteiger partial charge on any atom is -0.299 e. The molecule has 0 atom stereocenters. The van der Waals surface area contributed by atoms with Crippen molar-refractivity contribution in [3.8, 4) is 0 Å². The summed E-state index contributed by atoms with van der Waals surface area (Å²) < 4.78 is 1.32. The molecule has 1 heterocycles. The van der Waals surface area contributed by atoms with Crippen LogP contribution >= 0.6 is 22.6 Å². The lowest BCUT2D eigenvalue weighted by molar-refractivity contribution is 0.172. The van der Waals surface area contributed by atoms with Crippen molar-refractivity contribution < 1.29 is 0 Å². The Labute approximate surface area is 119 Å². The fourth-order valence-electron chi connectivity index (χ4n) is 2.64. The molecular formula is C15H22IN. The molecule has 0 unspecified atom stereocenters. The lowest BCUT2D eigenvalue weighted by Crippen LogP contribution is -2.33. The third-order valence-electron chi connectivity index (χ3n) is 3.70. The Morgan fingerprint density at radius 1 is 1.12 bits per heavy atom. The number of benzene rings is 1. The van der Waals surface area contributed by atoms with Crippen molar-refractivity contribution in [3.63, 3.8) is 0 Å². The van der Waals surface area contributed by atoms with Crippen LogP contribution in [0, 0.1) is 5.92 Å². The van der Waals surface area contributed by atoms with E-state index in [-0.39, 0.29) is 0 Å². The lowest BCUT2D eigenvalue weighted by atomic mass is 9.92. The monoisotopic (exact) mass is 343 g/mol. The van der Waals surface area contributed by atoms with E-state index in [1.165, 1.54) is 48.8 Å². The summed E-state index contributed by atoms with van der Waals surface area (Å²) in [6.45, 7) is 3.72. The molecule has 0 N–H and O–H groups in total. The standard InChI is InChI=1S/C15H22IN/c16-10-4-7-14-8-11-17(12-9-14)13-15-5-2-1-3-6-15/h1-3,5-6,14H,4,7-13H2. The maximum atomic E-state index is 2.61. The summed E-state index contributed by atoms with van der Waals surface area (Å²) in [5.41, 5.74) is 1.46. The Balaban J connectivity index is 1.72. The summed E-state index contributed by atoms with van der Waals surface area (Å²) in [4.78, 5) is 2.61. The predicted molar refractivity (Wildman–Crippen MR) is 82.6 cm³/mol. The summed E-state index contributed by atoms with van der Waals surface area (Å²) in [5.74, 6) is 0.997. The third kappa shape index (κ3) is 4.59. The molecule has 1 saturated heterocycles. The molecule has 1 aromatic carbocycles. The number of hydrogen-bond acceptors (Lipinski definition) is 1. The van der Waals surface area contributed by atoms with Crippen molar-refractivity contribution in [1.29, 1.82) is 0 Å². The normalized spacial score (nSPS) is 18.4. The van der Waals surface area contributed by atoms with E-state index in [0.717, 1.165) is 12.5 Å². The minimum absolute atomic E-state index is 0.997. The van der Waals surface area contributed by atoms with Gasteiger partial charge in [0.05, 0.1) is 0 Å². The van der Waals surface area contributed by atoms with Crippen LogP contribution in [0.4, 0.5) is 0 Å². The summed E-state index contributed by atoms with van der Waals surface area (Å²) in [5, 5.41) is 0. The first-order valence-electron chi connectivity index (χ1n) is 6.70. The Morgan fingerprint density at radius 3 is 2.47 bits per heavy atom. The molecule has 1 fully saturated rings. The molecule has 1 nitrogen and oxygen atoms in total. The SMILES string of the molecule is ICCCC1CCN(Cc2ccccc2)CC1. The Morgan fingerprint density at radius 2 is 1.82 bits per heavy atom. The summed E-state index contributed by atoms with van der Waals surface area (Å²) in [6, 6.07) is 10.9. The Hall–Kier alpha value is -0.0900. The van der Waals surface area contributed by atoms with Crippen molar-refractivity contribution >= 4 is 22.6 Å². The topological polar surface area (TPSA) is 3.24 Å². The van der Waals surface area contributed by atoms with Crippen molar-refractivity contribution in [1.82, 2.24) is 4.90 Å². The van der Waals surface area contributed by atoms with Gasteiger partial charge in [0.1, 0.15) is 0 Å². The van der Waals surface area contributed by atoms with Gasteiger partial charge in [-0.05, 0) is 54.7 Å². The van der Waals surface area contributed by atoms with Crippen LogP contribution < -0.4 is 0 Å². The van der Waals surface area contributed by atoms with Crippen LogP contribution in [0.15, 0.2) is 30.3 Å². The van der Waals surface area contributed by atoms with E-state index in [2.05, 4.69) is 57.8 Å². The lowest BCUT2D eigenvalue weighted by Gasteiger charge is -2.31. The highest BCUT2D eigenvalue weighted by molar-refractivity contribution is 14.1. The van der Waals surface area contributed by atoms with Crippen LogP contribution in [0.1, 0.15) is 31.2 Å². The maximum Gasteiger partial charge on any atom is 0.0233 e. The highest BCUT2D eigenvalue weighted by Gasteiger charge is 2.18. The van der Waals surface area contributed by atoms with Crippen molar-refractivity contribution in [2.24, 2.45) is 5.92 Å². The molecule has 1 aromatic rings. The third-order valence-corrected chi connectivity index (χ3v) is 4.46. The van der Waals surface area contributed by atoms with Gasteiger partial charge in [0, 0.05) is 6.54 Å². The first-order valence-corrected chi connectivity index (χ1v) is 8.23. The Bertz CT molecular complexity index is 304. The minimum atomic E-state index is 0.997. The number of likely N-dealkylation sites (tertiary alicyclic amines) is 1. The van der Waals surface area contributed by atoms with Crippen LogP contribution in [0.2, 0.25) is 0 Å². The molecule has 0 bridgehead atoms. The molecule has 0 aromatic heterocycles. The van der Waals surface area contributed by atoms with Crippen LogP contribution in [-0.4, -0.2) is 22.4 Å². The highest BCUT2D eigenvalue weighted by atomic mass is 127. The summed E-state index contributed by atoms with van der Waals surface area (Å²) >= 11 is 2.49. The summed E-state index contributed by atoms with van der Waals surface area (Å²) in [7, 11) is 0. The second-order valence-corrected chi connectivity index (χ2v) is 6.12. The molecule has 0 aliphatic carbocycles. The molecule has 0 radical (unpaired) electrons. The van der Waals surface area contributed by atoms with Gasteiger partial charge >= 0.3 is 0 Å². The molecule has 94 valence electrons. The largest absolute Gasteiger partial charge is 0.299 e. The first-order chi connectivity index (χ1) is 8.38. The van der Waals surface area contributed by atoms with Crippen LogP contribution in [0.3, 0.4) is 0 Å². The van der Waals surface area contributed by atoms with Gasteiger partial charge in [-0.2, -0.15) is 0 Å². The first kappa shape index (κ1) is 13.3. The van der Waals surface area contributed by atoms with Gasteiger partial charge in [0.2, 0.25) is 0 Å². The van der Waals surface area contributed by atoms with Gasteiger partial charge < -0.3 is 0 Å². The number of rotatable bonds is 5. The van der Waals surface area contributed by atoms with E-state index >= 15 is 0 Å². The van der Waals surface area contributed by atoms with E-state index in [4.69, 9.17) is 0 Å². The molecule has 2 rings (SSSR count). The number of hydrogen-bond donors (Lipinski definition) is 0.